The van der Waals surface area contributed by atoms with E-state index in [1.165, 1.54) is 0 Å². The molecule has 2 aromatic rings. The van der Waals surface area contributed by atoms with Crippen molar-refractivity contribution in [1.29, 1.82) is 0 Å². The number of aryl methyl sites for hydroxylation is 1. The molecule has 3 rings (SSSR count). The summed E-state index contributed by atoms with van der Waals surface area (Å²) < 4.78 is 10.7. The SMILES string of the molecule is Cc1ccccc1C(=O)NC(CC(C)C)C(=O)NCc1ccc2c(c1)OCO2. The van der Waals surface area contributed by atoms with E-state index in [2.05, 4.69) is 10.6 Å². The van der Waals surface area contributed by atoms with Crippen molar-refractivity contribution in [2.24, 2.45) is 5.92 Å². The predicted octanol–water partition coefficient (Wildman–Crippen LogP) is 3.18. The molecule has 0 bridgehead atoms. The number of hydrogen-bond donors (Lipinski definition) is 2. The lowest BCUT2D eigenvalue weighted by atomic mass is 10.0. The molecule has 1 atom stereocenters. The Morgan fingerprint density at radius 1 is 1.07 bits per heavy atom. The van der Waals surface area contributed by atoms with Gasteiger partial charge in [-0.05, 0) is 48.6 Å². The summed E-state index contributed by atoms with van der Waals surface area (Å²) in [4.78, 5) is 25.4. The molecule has 1 heterocycles. The molecule has 6 heteroatoms. The molecule has 0 aliphatic carbocycles. The number of carbonyl (C=O) groups excluding carboxylic acids is 2. The van der Waals surface area contributed by atoms with Crippen molar-refractivity contribution in [2.75, 3.05) is 6.79 Å². The van der Waals surface area contributed by atoms with E-state index in [1.807, 2.05) is 57.2 Å². The first-order chi connectivity index (χ1) is 13.4. The van der Waals surface area contributed by atoms with Crippen LogP contribution in [0.25, 0.3) is 0 Å². The quantitative estimate of drug-likeness (QED) is 0.771. The Balaban J connectivity index is 1.64. The third kappa shape index (κ3) is 4.82. The Bertz CT molecular complexity index is 863. The summed E-state index contributed by atoms with van der Waals surface area (Å²) >= 11 is 0. The van der Waals surface area contributed by atoms with Crippen LogP contribution in [-0.2, 0) is 11.3 Å². The maximum atomic E-state index is 12.8. The fraction of sp³-hybridized carbons (Fsp3) is 0.364. The molecule has 28 heavy (non-hydrogen) atoms. The number of rotatable bonds is 7. The van der Waals surface area contributed by atoms with E-state index in [0.717, 1.165) is 11.1 Å². The third-order valence-corrected chi connectivity index (χ3v) is 4.62. The van der Waals surface area contributed by atoms with Gasteiger partial charge in [-0.1, -0.05) is 38.1 Å². The number of ether oxygens (including phenoxy) is 2. The monoisotopic (exact) mass is 382 g/mol. The summed E-state index contributed by atoms with van der Waals surface area (Å²) in [5.74, 6) is 1.21. The van der Waals surface area contributed by atoms with Crippen molar-refractivity contribution in [3.8, 4) is 11.5 Å². The average molecular weight is 382 g/mol. The molecule has 1 aliphatic heterocycles. The number of amides is 2. The molecule has 2 amide bonds. The number of nitrogens with one attached hydrogen (secondary N) is 2. The topological polar surface area (TPSA) is 76.7 Å². The summed E-state index contributed by atoms with van der Waals surface area (Å²) in [5, 5.41) is 5.80. The lowest BCUT2D eigenvalue weighted by Crippen LogP contribution is -2.47. The highest BCUT2D eigenvalue weighted by Crippen LogP contribution is 2.32. The standard InChI is InChI=1S/C22H26N2O4/c1-14(2)10-18(24-21(25)17-7-5-4-6-15(17)3)22(26)23-12-16-8-9-19-20(11-16)28-13-27-19/h4-9,11,14,18H,10,12-13H2,1-3H3,(H,23,26)(H,24,25). The van der Waals surface area contributed by atoms with Gasteiger partial charge in [0.25, 0.3) is 5.91 Å². The highest BCUT2D eigenvalue weighted by Gasteiger charge is 2.23. The van der Waals surface area contributed by atoms with Crippen molar-refractivity contribution < 1.29 is 19.1 Å². The van der Waals surface area contributed by atoms with Gasteiger partial charge < -0.3 is 20.1 Å². The fourth-order valence-corrected chi connectivity index (χ4v) is 3.13. The second-order valence-electron chi connectivity index (χ2n) is 7.38. The zero-order chi connectivity index (χ0) is 20.1. The van der Waals surface area contributed by atoms with Gasteiger partial charge in [-0.25, -0.2) is 0 Å². The van der Waals surface area contributed by atoms with E-state index in [9.17, 15) is 9.59 Å². The maximum Gasteiger partial charge on any atom is 0.252 e. The average Bonchev–Trinajstić information content (AvgIpc) is 3.13. The third-order valence-electron chi connectivity index (χ3n) is 4.62. The van der Waals surface area contributed by atoms with Crippen molar-refractivity contribution in [3.63, 3.8) is 0 Å². The summed E-state index contributed by atoms with van der Waals surface area (Å²) in [6.45, 7) is 6.50. The van der Waals surface area contributed by atoms with Gasteiger partial charge >= 0.3 is 0 Å². The van der Waals surface area contributed by atoms with Crippen LogP contribution in [0.15, 0.2) is 42.5 Å². The Labute approximate surface area is 165 Å². The van der Waals surface area contributed by atoms with Gasteiger partial charge in [-0.15, -0.1) is 0 Å². The van der Waals surface area contributed by atoms with Crippen LogP contribution in [0.4, 0.5) is 0 Å². The minimum Gasteiger partial charge on any atom is -0.454 e. The molecule has 1 aliphatic rings. The van der Waals surface area contributed by atoms with Gasteiger partial charge in [0.15, 0.2) is 11.5 Å². The van der Waals surface area contributed by atoms with Crippen LogP contribution < -0.4 is 20.1 Å². The van der Waals surface area contributed by atoms with Crippen LogP contribution in [0.5, 0.6) is 11.5 Å². The molecule has 2 N–H and O–H groups in total. The maximum absolute atomic E-state index is 12.8. The van der Waals surface area contributed by atoms with E-state index >= 15 is 0 Å². The zero-order valence-corrected chi connectivity index (χ0v) is 16.5. The second kappa shape index (κ2) is 8.78. The van der Waals surface area contributed by atoms with Crippen LogP contribution in [-0.4, -0.2) is 24.6 Å². The Hall–Kier alpha value is -3.02. The summed E-state index contributed by atoms with van der Waals surface area (Å²) in [6.07, 6.45) is 0.560. The molecule has 2 aromatic carbocycles. The van der Waals surface area contributed by atoms with Gasteiger partial charge in [0.2, 0.25) is 12.7 Å². The first-order valence-electron chi connectivity index (χ1n) is 9.46. The van der Waals surface area contributed by atoms with Gasteiger partial charge in [-0.2, -0.15) is 0 Å². The number of carbonyl (C=O) groups is 2. The van der Waals surface area contributed by atoms with Crippen molar-refractivity contribution in [1.82, 2.24) is 10.6 Å². The second-order valence-corrected chi connectivity index (χ2v) is 7.38. The molecule has 148 valence electrons. The van der Waals surface area contributed by atoms with Gasteiger partial charge in [0.05, 0.1) is 0 Å². The molecule has 0 fully saturated rings. The molecule has 0 aromatic heterocycles. The first kappa shape index (κ1) is 19.7. The van der Waals surface area contributed by atoms with Crippen LogP contribution >= 0.6 is 0 Å². The molecular weight excluding hydrogens is 356 g/mol. The van der Waals surface area contributed by atoms with E-state index in [-0.39, 0.29) is 24.5 Å². The molecule has 0 radical (unpaired) electrons. The molecule has 0 saturated carbocycles. The minimum atomic E-state index is -0.596. The molecule has 0 saturated heterocycles. The van der Waals surface area contributed by atoms with Gasteiger partial charge in [0.1, 0.15) is 6.04 Å². The Morgan fingerprint density at radius 2 is 1.82 bits per heavy atom. The number of fused-ring (bicyclic) bond motifs is 1. The van der Waals surface area contributed by atoms with Crippen LogP contribution in [0, 0.1) is 12.8 Å². The molecule has 6 nitrogen and oxygen atoms in total. The smallest absolute Gasteiger partial charge is 0.252 e. The highest BCUT2D eigenvalue weighted by molar-refractivity contribution is 5.98. The van der Waals surface area contributed by atoms with E-state index in [4.69, 9.17) is 9.47 Å². The molecule has 0 spiro atoms. The molecule has 1 unspecified atom stereocenters. The fourth-order valence-electron chi connectivity index (χ4n) is 3.13. The summed E-state index contributed by atoms with van der Waals surface area (Å²) in [7, 11) is 0. The Kier molecular flexibility index (Phi) is 6.19. The van der Waals surface area contributed by atoms with Crippen LogP contribution in [0.2, 0.25) is 0 Å². The van der Waals surface area contributed by atoms with Crippen molar-refractivity contribution in [2.45, 2.75) is 39.8 Å². The van der Waals surface area contributed by atoms with Crippen molar-refractivity contribution >= 4 is 11.8 Å². The first-order valence-corrected chi connectivity index (χ1v) is 9.46. The van der Waals surface area contributed by atoms with Crippen molar-refractivity contribution in [3.05, 3.63) is 59.2 Å². The normalized spacial score (nSPS) is 13.3. The largest absolute Gasteiger partial charge is 0.454 e. The van der Waals surface area contributed by atoms with Crippen LogP contribution in [0.3, 0.4) is 0 Å². The van der Waals surface area contributed by atoms with E-state index in [1.54, 1.807) is 6.07 Å². The number of hydrogen-bond acceptors (Lipinski definition) is 4. The summed E-state index contributed by atoms with van der Waals surface area (Å²) in [5.41, 5.74) is 2.37. The number of benzene rings is 2. The van der Waals surface area contributed by atoms with Gasteiger partial charge in [0, 0.05) is 12.1 Å². The summed E-state index contributed by atoms with van der Waals surface area (Å²) in [6, 6.07) is 12.3. The zero-order valence-electron chi connectivity index (χ0n) is 16.5. The minimum absolute atomic E-state index is 0.201. The lowest BCUT2D eigenvalue weighted by molar-refractivity contribution is -0.123. The predicted molar refractivity (Wildman–Crippen MR) is 106 cm³/mol. The van der Waals surface area contributed by atoms with Crippen LogP contribution in [0.1, 0.15) is 41.8 Å². The van der Waals surface area contributed by atoms with Gasteiger partial charge in [-0.3, -0.25) is 9.59 Å². The highest BCUT2D eigenvalue weighted by atomic mass is 16.7. The molecular formula is C22H26N2O4. The lowest BCUT2D eigenvalue weighted by Gasteiger charge is -2.21. The van der Waals surface area contributed by atoms with E-state index in [0.29, 0.717) is 30.0 Å². The van der Waals surface area contributed by atoms with E-state index < -0.39 is 6.04 Å². The Morgan fingerprint density at radius 3 is 2.57 bits per heavy atom.